The number of carbonyl (C=O) groups is 1. The number of allylic oxidation sites excluding steroid dienone is 2. The maximum atomic E-state index is 12.1. The number of ketones is 1. The minimum atomic E-state index is 0.00583. The molecule has 114 valence electrons. The summed E-state index contributed by atoms with van der Waals surface area (Å²) in [5.74, 6) is 1.83. The first-order valence-electron chi connectivity index (χ1n) is 7.27. The van der Waals surface area contributed by atoms with E-state index in [4.69, 9.17) is 14.2 Å². The quantitative estimate of drug-likeness (QED) is 0.398. The Morgan fingerprint density at radius 3 is 2.71 bits per heavy atom. The molecule has 1 aromatic rings. The zero-order chi connectivity index (χ0) is 15.1. The maximum Gasteiger partial charge on any atom is 0.185 e. The predicted octanol–water partition coefficient (Wildman–Crippen LogP) is 3.26. The van der Waals surface area contributed by atoms with Crippen LogP contribution in [-0.4, -0.2) is 33.2 Å². The predicted molar refractivity (Wildman–Crippen MR) is 81.2 cm³/mol. The molecule has 0 aliphatic heterocycles. The van der Waals surface area contributed by atoms with E-state index in [-0.39, 0.29) is 5.78 Å². The Morgan fingerprint density at radius 2 is 2.05 bits per heavy atom. The number of benzene rings is 1. The van der Waals surface area contributed by atoms with Gasteiger partial charge in [-0.2, -0.15) is 0 Å². The molecule has 0 unspecified atom stereocenters. The van der Waals surface area contributed by atoms with Crippen molar-refractivity contribution in [1.29, 1.82) is 0 Å². The number of carbonyl (C=O) groups excluding carboxylic acids is 1. The van der Waals surface area contributed by atoms with Crippen molar-refractivity contribution >= 4 is 5.78 Å². The molecule has 1 aromatic carbocycles. The fraction of sp³-hybridized carbons (Fsp3) is 0.471. The lowest BCUT2D eigenvalue weighted by Crippen LogP contribution is -2.04. The fourth-order valence-electron chi connectivity index (χ4n) is 1.94. The van der Waals surface area contributed by atoms with Gasteiger partial charge in [0.2, 0.25) is 0 Å². The standard InChI is InChI=1S/C17H22O4/c1-19-10-3-11-21-17-12-14(7-9-16(17)20-2)15(18)8-6-13-4-5-13/h6-9,12-13H,3-5,10-11H2,1-2H3/b8-6-. The number of ether oxygens (including phenoxy) is 3. The Kier molecular flexibility index (Phi) is 5.81. The van der Waals surface area contributed by atoms with Gasteiger partial charge >= 0.3 is 0 Å². The van der Waals surface area contributed by atoms with E-state index in [2.05, 4.69) is 0 Å². The van der Waals surface area contributed by atoms with Gasteiger partial charge in [0.25, 0.3) is 0 Å². The van der Waals surface area contributed by atoms with Crippen LogP contribution in [0.15, 0.2) is 30.4 Å². The lowest BCUT2D eigenvalue weighted by Gasteiger charge is -2.11. The fourth-order valence-corrected chi connectivity index (χ4v) is 1.94. The molecule has 0 bridgehead atoms. The molecule has 0 amide bonds. The molecular weight excluding hydrogens is 268 g/mol. The van der Waals surface area contributed by atoms with Crippen molar-refractivity contribution in [2.75, 3.05) is 27.4 Å². The second-order valence-corrected chi connectivity index (χ2v) is 5.12. The third-order valence-corrected chi connectivity index (χ3v) is 3.34. The van der Waals surface area contributed by atoms with Gasteiger partial charge in [0, 0.05) is 25.7 Å². The monoisotopic (exact) mass is 290 g/mol. The summed E-state index contributed by atoms with van der Waals surface area (Å²) >= 11 is 0. The van der Waals surface area contributed by atoms with E-state index in [0.717, 1.165) is 6.42 Å². The highest BCUT2D eigenvalue weighted by Gasteiger charge is 2.18. The molecule has 0 aromatic heterocycles. The Morgan fingerprint density at radius 1 is 1.24 bits per heavy atom. The van der Waals surface area contributed by atoms with Crippen LogP contribution in [-0.2, 0) is 4.74 Å². The molecule has 0 heterocycles. The summed E-state index contributed by atoms with van der Waals surface area (Å²) in [4.78, 5) is 12.1. The van der Waals surface area contributed by atoms with Gasteiger partial charge in [-0.1, -0.05) is 6.08 Å². The highest BCUT2D eigenvalue weighted by Crippen LogP contribution is 2.31. The van der Waals surface area contributed by atoms with Gasteiger partial charge in [-0.25, -0.2) is 0 Å². The lowest BCUT2D eigenvalue weighted by molar-refractivity contribution is 0.104. The molecule has 0 radical (unpaired) electrons. The summed E-state index contributed by atoms with van der Waals surface area (Å²) in [6.45, 7) is 1.17. The second kappa shape index (κ2) is 7.84. The van der Waals surface area contributed by atoms with Crippen molar-refractivity contribution < 1.29 is 19.0 Å². The average molecular weight is 290 g/mol. The zero-order valence-corrected chi connectivity index (χ0v) is 12.6. The topological polar surface area (TPSA) is 44.8 Å². The molecule has 0 atom stereocenters. The Balaban J connectivity index is 2.02. The highest BCUT2D eigenvalue weighted by atomic mass is 16.5. The number of hydrogen-bond donors (Lipinski definition) is 0. The minimum absolute atomic E-state index is 0.00583. The van der Waals surface area contributed by atoms with Crippen LogP contribution in [0.1, 0.15) is 29.6 Å². The van der Waals surface area contributed by atoms with Crippen molar-refractivity contribution in [3.05, 3.63) is 35.9 Å². The van der Waals surface area contributed by atoms with Crippen molar-refractivity contribution in [1.82, 2.24) is 0 Å². The third kappa shape index (κ3) is 4.90. The third-order valence-electron chi connectivity index (χ3n) is 3.34. The Bertz CT molecular complexity index is 504. The van der Waals surface area contributed by atoms with E-state index in [1.54, 1.807) is 38.5 Å². The largest absolute Gasteiger partial charge is 0.493 e. The van der Waals surface area contributed by atoms with Crippen LogP contribution in [0, 0.1) is 5.92 Å². The Labute approximate surface area is 125 Å². The lowest BCUT2D eigenvalue weighted by atomic mass is 10.1. The molecule has 1 fully saturated rings. The number of methoxy groups -OCH3 is 2. The molecule has 0 saturated heterocycles. The summed E-state index contributed by atoms with van der Waals surface area (Å²) in [6.07, 6.45) is 6.83. The first-order valence-corrected chi connectivity index (χ1v) is 7.27. The van der Waals surface area contributed by atoms with Crippen molar-refractivity contribution in [2.24, 2.45) is 5.92 Å². The van der Waals surface area contributed by atoms with Gasteiger partial charge < -0.3 is 14.2 Å². The summed E-state index contributed by atoms with van der Waals surface area (Å²) in [5, 5.41) is 0. The van der Waals surface area contributed by atoms with Crippen molar-refractivity contribution in [2.45, 2.75) is 19.3 Å². The number of hydrogen-bond acceptors (Lipinski definition) is 4. The molecule has 1 aliphatic carbocycles. The molecule has 2 rings (SSSR count). The molecule has 1 saturated carbocycles. The molecule has 1 aliphatic rings. The van der Waals surface area contributed by atoms with Gasteiger partial charge in [-0.3, -0.25) is 4.79 Å². The molecular formula is C17H22O4. The van der Waals surface area contributed by atoms with E-state index in [9.17, 15) is 4.79 Å². The van der Waals surface area contributed by atoms with Crippen molar-refractivity contribution in [3.63, 3.8) is 0 Å². The smallest absolute Gasteiger partial charge is 0.185 e. The van der Waals surface area contributed by atoms with E-state index in [0.29, 0.717) is 36.2 Å². The molecule has 4 nitrogen and oxygen atoms in total. The van der Waals surface area contributed by atoms with Gasteiger partial charge in [0.1, 0.15) is 0 Å². The SMILES string of the molecule is COCCCOc1cc(C(=O)/C=C\C2CC2)ccc1OC. The van der Waals surface area contributed by atoms with Gasteiger partial charge in [0.05, 0.1) is 13.7 Å². The maximum absolute atomic E-state index is 12.1. The van der Waals surface area contributed by atoms with Gasteiger partial charge in [0.15, 0.2) is 17.3 Å². The normalized spacial score (nSPS) is 14.4. The van der Waals surface area contributed by atoms with Gasteiger partial charge in [-0.05, 0) is 43.0 Å². The average Bonchev–Trinajstić information content (AvgIpc) is 3.33. The number of rotatable bonds is 9. The molecule has 21 heavy (non-hydrogen) atoms. The van der Waals surface area contributed by atoms with E-state index < -0.39 is 0 Å². The molecule has 0 N–H and O–H groups in total. The van der Waals surface area contributed by atoms with Gasteiger partial charge in [-0.15, -0.1) is 0 Å². The summed E-state index contributed by atoms with van der Waals surface area (Å²) in [6, 6.07) is 5.27. The van der Waals surface area contributed by atoms with E-state index >= 15 is 0 Å². The van der Waals surface area contributed by atoms with Crippen LogP contribution in [0.5, 0.6) is 11.5 Å². The van der Waals surface area contributed by atoms with Crippen LogP contribution >= 0.6 is 0 Å². The van der Waals surface area contributed by atoms with Crippen LogP contribution in [0.3, 0.4) is 0 Å². The zero-order valence-electron chi connectivity index (χ0n) is 12.6. The van der Waals surface area contributed by atoms with Crippen molar-refractivity contribution in [3.8, 4) is 11.5 Å². The van der Waals surface area contributed by atoms with Crippen LogP contribution in [0.4, 0.5) is 0 Å². The summed E-state index contributed by atoms with van der Waals surface area (Å²) in [5.41, 5.74) is 0.620. The van der Waals surface area contributed by atoms with Crippen LogP contribution in [0.25, 0.3) is 0 Å². The first kappa shape index (κ1) is 15.6. The second-order valence-electron chi connectivity index (χ2n) is 5.12. The summed E-state index contributed by atoms with van der Waals surface area (Å²) < 4.78 is 15.9. The van der Waals surface area contributed by atoms with E-state index in [1.165, 1.54) is 12.8 Å². The van der Waals surface area contributed by atoms with Crippen LogP contribution < -0.4 is 9.47 Å². The first-order chi connectivity index (χ1) is 10.2. The minimum Gasteiger partial charge on any atom is -0.493 e. The Hall–Kier alpha value is -1.81. The van der Waals surface area contributed by atoms with Crippen LogP contribution in [0.2, 0.25) is 0 Å². The molecule has 4 heteroatoms. The van der Waals surface area contributed by atoms with E-state index in [1.807, 2.05) is 6.08 Å². The molecule has 0 spiro atoms. The highest BCUT2D eigenvalue weighted by molar-refractivity contribution is 6.04. The summed E-state index contributed by atoms with van der Waals surface area (Å²) in [7, 11) is 3.25.